The summed E-state index contributed by atoms with van der Waals surface area (Å²) in [6.07, 6.45) is 0.796. The van der Waals surface area contributed by atoms with Gasteiger partial charge in [-0.2, -0.15) is 0 Å². The van der Waals surface area contributed by atoms with Crippen molar-refractivity contribution in [2.45, 2.75) is 12.0 Å². The Morgan fingerprint density at radius 2 is 2.11 bits per heavy atom. The van der Waals surface area contributed by atoms with Crippen molar-refractivity contribution in [2.75, 3.05) is 13.2 Å². The minimum absolute atomic E-state index is 0.528. The third kappa shape index (κ3) is 8.01. The fourth-order valence-corrected chi connectivity index (χ4v) is 0.405. The molecular weight excluding hydrogens is 116 g/mol. The molecule has 52 valence electrons. The van der Waals surface area contributed by atoms with Gasteiger partial charge in [-0.15, -0.1) is 0 Å². The standard InChI is InChI=1S/C4H13B2NO2/c5-4(6,8)9-3-1-2-7/h8H,1-3,5-7H2. The van der Waals surface area contributed by atoms with Crippen LogP contribution in [0.4, 0.5) is 0 Å². The van der Waals surface area contributed by atoms with Crippen molar-refractivity contribution in [3.05, 3.63) is 0 Å². The number of nitrogens with two attached hydrogens (primary N) is 1. The molecule has 0 bridgehead atoms. The highest BCUT2D eigenvalue weighted by molar-refractivity contribution is 6.37. The molecule has 0 unspecified atom stereocenters. The largest absolute Gasteiger partial charge is 0.382 e. The number of rotatable bonds is 4. The van der Waals surface area contributed by atoms with Gasteiger partial charge in [-0.1, -0.05) is 0 Å². The Hall–Kier alpha value is 0.00987. The summed E-state index contributed by atoms with van der Waals surface area (Å²) in [7, 11) is 3.20. The Balaban J connectivity index is 3.07. The summed E-state index contributed by atoms with van der Waals surface area (Å²) in [4.78, 5) is 0. The molecule has 0 heterocycles. The van der Waals surface area contributed by atoms with Crippen molar-refractivity contribution in [3.8, 4) is 0 Å². The van der Waals surface area contributed by atoms with Gasteiger partial charge in [0.25, 0.3) is 0 Å². The molecule has 0 aliphatic rings. The van der Waals surface area contributed by atoms with Crippen molar-refractivity contribution < 1.29 is 9.84 Å². The first-order chi connectivity index (χ1) is 4.06. The van der Waals surface area contributed by atoms with E-state index in [1.165, 1.54) is 0 Å². The van der Waals surface area contributed by atoms with E-state index in [9.17, 15) is 0 Å². The SMILES string of the molecule is BC(B)(O)OCCCN. The average molecular weight is 129 g/mol. The first kappa shape index (κ1) is 9.01. The average Bonchev–Trinajstić information content (AvgIpc) is 1.63. The monoisotopic (exact) mass is 129 g/mol. The van der Waals surface area contributed by atoms with E-state index in [1.807, 2.05) is 0 Å². The lowest BCUT2D eigenvalue weighted by Gasteiger charge is -2.17. The zero-order valence-corrected chi connectivity index (χ0v) is 6.05. The molecule has 0 rings (SSSR count). The molecular formula is C4H13B2NO2. The summed E-state index contributed by atoms with van der Waals surface area (Å²) >= 11 is 0. The summed E-state index contributed by atoms with van der Waals surface area (Å²) < 4.78 is 4.95. The van der Waals surface area contributed by atoms with E-state index >= 15 is 0 Å². The summed E-state index contributed by atoms with van der Waals surface area (Å²) in [5.74, 6) is 0. The first-order valence-corrected chi connectivity index (χ1v) is 3.12. The highest BCUT2D eigenvalue weighted by Crippen LogP contribution is 1.93. The Kier molecular flexibility index (Phi) is 3.93. The molecule has 9 heavy (non-hydrogen) atoms. The molecule has 0 aromatic rings. The van der Waals surface area contributed by atoms with Gasteiger partial charge in [0.05, 0.1) is 5.59 Å². The predicted molar refractivity (Wildman–Crippen MR) is 41.7 cm³/mol. The van der Waals surface area contributed by atoms with Crippen molar-refractivity contribution in [3.63, 3.8) is 0 Å². The van der Waals surface area contributed by atoms with Crippen LogP contribution >= 0.6 is 0 Å². The summed E-state index contributed by atoms with van der Waals surface area (Å²) in [6.45, 7) is 1.14. The quantitative estimate of drug-likeness (QED) is 0.245. The lowest BCUT2D eigenvalue weighted by Crippen LogP contribution is -2.33. The molecule has 0 saturated carbocycles. The van der Waals surface area contributed by atoms with Gasteiger partial charge in [0, 0.05) is 6.61 Å². The maximum absolute atomic E-state index is 8.98. The van der Waals surface area contributed by atoms with Crippen molar-refractivity contribution in [2.24, 2.45) is 5.73 Å². The molecule has 0 aromatic carbocycles. The topological polar surface area (TPSA) is 55.5 Å². The van der Waals surface area contributed by atoms with Gasteiger partial charge in [-0.05, 0) is 13.0 Å². The van der Waals surface area contributed by atoms with Gasteiger partial charge < -0.3 is 15.6 Å². The molecule has 0 radical (unpaired) electrons. The molecule has 0 aliphatic carbocycles. The third-order valence-electron chi connectivity index (χ3n) is 0.804. The summed E-state index contributed by atoms with van der Waals surface area (Å²) in [6, 6.07) is 0. The number of hydrogen-bond donors (Lipinski definition) is 2. The second-order valence-corrected chi connectivity index (χ2v) is 2.44. The Morgan fingerprint density at radius 3 is 2.44 bits per heavy atom. The van der Waals surface area contributed by atoms with E-state index in [2.05, 4.69) is 0 Å². The Labute approximate surface area is 57.4 Å². The van der Waals surface area contributed by atoms with Gasteiger partial charge in [-0.25, -0.2) is 0 Å². The van der Waals surface area contributed by atoms with Gasteiger partial charge >= 0.3 is 0 Å². The highest BCUT2D eigenvalue weighted by Gasteiger charge is 2.10. The molecule has 3 nitrogen and oxygen atoms in total. The minimum atomic E-state index is -1.00. The zero-order chi connectivity index (χ0) is 7.33. The number of aliphatic hydroxyl groups is 1. The Bertz CT molecular complexity index is 73.5. The van der Waals surface area contributed by atoms with Gasteiger partial charge in [-0.3, -0.25) is 0 Å². The third-order valence-corrected chi connectivity index (χ3v) is 0.804. The van der Waals surface area contributed by atoms with Crippen LogP contribution in [0.1, 0.15) is 6.42 Å². The van der Waals surface area contributed by atoms with E-state index < -0.39 is 5.59 Å². The van der Waals surface area contributed by atoms with Gasteiger partial charge in [0.2, 0.25) is 0 Å². The lowest BCUT2D eigenvalue weighted by atomic mass is 9.77. The van der Waals surface area contributed by atoms with E-state index in [0.717, 1.165) is 6.42 Å². The van der Waals surface area contributed by atoms with E-state index in [4.69, 9.17) is 15.6 Å². The molecule has 0 aliphatic heterocycles. The van der Waals surface area contributed by atoms with Crippen LogP contribution in [0.5, 0.6) is 0 Å². The molecule has 0 saturated heterocycles. The molecule has 3 N–H and O–H groups in total. The lowest BCUT2D eigenvalue weighted by molar-refractivity contribution is -0.0752. The molecule has 5 heteroatoms. The van der Waals surface area contributed by atoms with Crippen molar-refractivity contribution >= 4 is 15.7 Å². The highest BCUT2D eigenvalue weighted by atomic mass is 16.6. The molecule has 0 amide bonds. The second-order valence-electron chi connectivity index (χ2n) is 2.44. The normalized spacial score (nSPS) is 11.8. The number of hydrogen-bond acceptors (Lipinski definition) is 3. The van der Waals surface area contributed by atoms with Crippen LogP contribution in [-0.2, 0) is 4.74 Å². The summed E-state index contributed by atoms with van der Waals surface area (Å²) in [5.41, 5.74) is 4.19. The summed E-state index contributed by atoms with van der Waals surface area (Å²) in [5, 5.41) is 8.98. The van der Waals surface area contributed by atoms with E-state index in [1.54, 1.807) is 15.7 Å². The van der Waals surface area contributed by atoms with Crippen LogP contribution in [0.3, 0.4) is 0 Å². The van der Waals surface area contributed by atoms with E-state index in [-0.39, 0.29) is 0 Å². The van der Waals surface area contributed by atoms with Crippen LogP contribution < -0.4 is 5.73 Å². The van der Waals surface area contributed by atoms with Crippen molar-refractivity contribution in [1.29, 1.82) is 0 Å². The predicted octanol–water partition coefficient (Wildman–Crippen LogP) is -2.78. The maximum Gasteiger partial charge on any atom is 0.165 e. The smallest absolute Gasteiger partial charge is 0.165 e. The first-order valence-electron chi connectivity index (χ1n) is 3.12. The van der Waals surface area contributed by atoms with Gasteiger partial charge in [0.15, 0.2) is 15.7 Å². The minimum Gasteiger partial charge on any atom is -0.382 e. The molecule has 0 fully saturated rings. The van der Waals surface area contributed by atoms with E-state index in [0.29, 0.717) is 13.2 Å². The molecule has 0 aromatic heterocycles. The fraction of sp³-hybridized carbons (Fsp3) is 1.00. The van der Waals surface area contributed by atoms with Crippen LogP contribution in [0.15, 0.2) is 0 Å². The van der Waals surface area contributed by atoms with Crippen LogP contribution in [-0.4, -0.2) is 39.5 Å². The van der Waals surface area contributed by atoms with Crippen LogP contribution in [0.25, 0.3) is 0 Å². The maximum atomic E-state index is 8.98. The fourth-order valence-electron chi connectivity index (χ4n) is 0.405. The van der Waals surface area contributed by atoms with Crippen LogP contribution in [0.2, 0.25) is 0 Å². The zero-order valence-electron chi connectivity index (χ0n) is 6.05. The van der Waals surface area contributed by atoms with Gasteiger partial charge in [0.1, 0.15) is 0 Å². The Morgan fingerprint density at radius 1 is 1.56 bits per heavy atom. The van der Waals surface area contributed by atoms with Crippen molar-refractivity contribution in [1.82, 2.24) is 0 Å². The second kappa shape index (κ2) is 3.93. The molecule has 0 atom stereocenters. The molecule has 0 spiro atoms. The van der Waals surface area contributed by atoms with Crippen LogP contribution in [0, 0.1) is 0 Å². The number of ether oxygens (including phenoxy) is 1.